The van der Waals surface area contributed by atoms with Crippen LogP contribution in [0.4, 0.5) is 4.39 Å². The minimum absolute atomic E-state index is 0.170. The van der Waals surface area contributed by atoms with E-state index in [1.165, 1.54) is 11.0 Å². The van der Waals surface area contributed by atoms with Gasteiger partial charge in [-0.3, -0.25) is 9.69 Å². The van der Waals surface area contributed by atoms with Crippen LogP contribution in [0.25, 0.3) is 34.0 Å². The van der Waals surface area contributed by atoms with Crippen LogP contribution in [0.3, 0.4) is 0 Å². The molecule has 4 rings (SSSR count). The van der Waals surface area contributed by atoms with E-state index in [1.54, 1.807) is 19.2 Å². The van der Waals surface area contributed by atoms with Crippen molar-refractivity contribution >= 4 is 5.97 Å². The first-order chi connectivity index (χ1) is 16.9. The van der Waals surface area contributed by atoms with E-state index in [0.717, 1.165) is 16.7 Å². The zero-order chi connectivity index (χ0) is 24.9. The van der Waals surface area contributed by atoms with Gasteiger partial charge in [-0.15, -0.1) is 0 Å². The Labute approximate surface area is 202 Å². The molecule has 180 valence electrons. The van der Waals surface area contributed by atoms with E-state index in [0.29, 0.717) is 34.9 Å². The van der Waals surface area contributed by atoms with Crippen LogP contribution in [-0.4, -0.2) is 46.3 Å². The Kier molecular flexibility index (Phi) is 7.22. The van der Waals surface area contributed by atoms with Gasteiger partial charge in [-0.25, -0.2) is 4.39 Å². The van der Waals surface area contributed by atoms with Crippen molar-refractivity contribution in [2.45, 2.75) is 20.4 Å². The number of rotatable bonds is 9. The number of likely N-dealkylation sites (N-methyl/N-ethyl adjacent to an activating group) is 1. The van der Waals surface area contributed by atoms with Crippen LogP contribution in [0.5, 0.6) is 5.75 Å². The number of benzene rings is 3. The Hall–Kier alpha value is -4.04. The molecule has 0 amide bonds. The molecule has 0 spiro atoms. The molecular formula is C27H26FN3O4. The van der Waals surface area contributed by atoms with Gasteiger partial charge in [0.25, 0.3) is 5.89 Å². The highest BCUT2D eigenvalue weighted by atomic mass is 19.1. The molecule has 3 aromatic carbocycles. The summed E-state index contributed by atoms with van der Waals surface area (Å²) < 4.78 is 26.0. The topological polar surface area (TPSA) is 88.7 Å². The smallest absolute Gasteiger partial charge is 0.317 e. The number of carboxylic acids is 1. The minimum atomic E-state index is -0.969. The molecule has 0 aliphatic carbocycles. The number of carbonyl (C=O) groups is 1. The lowest BCUT2D eigenvalue weighted by Crippen LogP contribution is -2.25. The van der Waals surface area contributed by atoms with Crippen LogP contribution < -0.4 is 4.74 Å². The first-order valence-electron chi connectivity index (χ1n) is 11.2. The molecule has 0 aliphatic heterocycles. The summed E-state index contributed by atoms with van der Waals surface area (Å²) in [7, 11) is 1.62. The zero-order valence-electron chi connectivity index (χ0n) is 19.8. The summed E-state index contributed by atoms with van der Waals surface area (Å²) in [6, 6.07) is 18.4. The maximum absolute atomic E-state index is 14.7. The van der Waals surface area contributed by atoms with Gasteiger partial charge in [0.2, 0.25) is 5.82 Å². The lowest BCUT2D eigenvalue weighted by Gasteiger charge is -2.14. The van der Waals surface area contributed by atoms with Crippen molar-refractivity contribution < 1.29 is 23.6 Å². The van der Waals surface area contributed by atoms with Gasteiger partial charge in [0.05, 0.1) is 13.2 Å². The number of aromatic nitrogens is 2. The standard InChI is InChI=1S/C27H26FN3O4/c1-4-34-24-14-19(11-12-22(24)21-8-6-5-7-17(21)2)27-29-26(30-35-27)18-9-10-20(23(28)13-18)15-31(3)16-25(32)33/h5-14H,4,15-16H2,1-3H3,(H,32,33). The first-order valence-corrected chi connectivity index (χ1v) is 11.2. The number of aliphatic carboxylic acids is 1. The Bertz CT molecular complexity index is 1350. The summed E-state index contributed by atoms with van der Waals surface area (Å²) in [6.07, 6.45) is 0. The normalized spacial score (nSPS) is 11.1. The highest BCUT2D eigenvalue weighted by Gasteiger charge is 2.17. The Morgan fingerprint density at radius 3 is 2.57 bits per heavy atom. The Morgan fingerprint density at radius 1 is 1.09 bits per heavy atom. The number of hydrogen-bond donors (Lipinski definition) is 1. The zero-order valence-corrected chi connectivity index (χ0v) is 19.8. The molecule has 0 fully saturated rings. The van der Waals surface area contributed by atoms with Crippen molar-refractivity contribution in [1.29, 1.82) is 0 Å². The average molecular weight is 476 g/mol. The third-order valence-corrected chi connectivity index (χ3v) is 5.55. The maximum atomic E-state index is 14.7. The number of aryl methyl sites for hydroxylation is 1. The first kappa shape index (κ1) is 24.1. The molecule has 0 aliphatic rings. The van der Waals surface area contributed by atoms with Gasteiger partial charge in [0, 0.05) is 28.8 Å². The molecule has 4 aromatic rings. The SMILES string of the molecule is CCOc1cc(-c2nc(-c3ccc(CN(C)CC(=O)O)c(F)c3)no2)ccc1-c1ccccc1C. The van der Waals surface area contributed by atoms with Crippen molar-refractivity contribution in [3.05, 3.63) is 77.6 Å². The third-order valence-electron chi connectivity index (χ3n) is 5.55. The number of nitrogens with zero attached hydrogens (tertiary/aromatic N) is 3. The predicted octanol–water partition coefficient (Wildman–Crippen LogP) is 5.43. The van der Waals surface area contributed by atoms with Gasteiger partial charge >= 0.3 is 5.97 Å². The van der Waals surface area contributed by atoms with Gasteiger partial charge < -0.3 is 14.4 Å². The second-order valence-corrected chi connectivity index (χ2v) is 8.25. The molecule has 8 heteroatoms. The summed E-state index contributed by atoms with van der Waals surface area (Å²) in [6.45, 7) is 4.48. The van der Waals surface area contributed by atoms with Gasteiger partial charge in [-0.05, 0) is 56.3 Å². The molecule has 1 heterocycles. The molecular weight excluding hydrogens is 449 g/mol. The number of carboxylic acid groups (broad SMARTS) is 1. The average Bonchev–Trinajstić information content (AvgIpc) is 3.31. The van der Waals surface area contributed by atoms with E-state index in [1.807, 2.05) is 37.3 Å². The van der Waals surface area contributed by atoms with Crippen LogP contribution in [0.1, 0.15) is 18.1 Å². The lowest BCUT2D eigenvalue weighted by atomic mass is 9.98. The largest absolute Gasteiger partial charge is 0.493 e. The molecule has 0 bridgehead atoms. The predicted molar refractivity (Wildman–Crippen MR) is 130 cm³/mol. The third kappa shape index (κ3) is 5.55. The van der Waals surface area contributed by atoms with Crippen molar-refractivity contribution in [2.75, 3.05) is 20.2 Å². The quantitative estimate of drug-likeness (QED) is 0.345. The van der Waals surface area contributed by atoms with Crippen molar-refractivity contribution in [1.82, 2.24) is 15.0 Å². The maximum Gasteiger partial charge on any atom is 0.317 e. The van der Waals surface area contributed by atoms with E-state index in [2.05, 4.69) is 29.2 Å². The molecule has 35 heavy (non-hydrogen) atoms. The summed E-state index contributed by atoms with van der Waals surface area (Å²) >= 11 is 0. The minimum Gasteiger partial charge on any atom is -0.493 e. The van der Waals surface area contributed by atoms with Crippen LogP contribution in [0.15, 0.2) is 65.2 Å². The van der Waals surface area contributed by atoms with Gasteiger partial charge in [-0.2, -0.15) is 4.98 Å². The Balaban J connectivity index is 1.60. The number of ether oxygens (including phenoxy) is 1. The molecule has 0 radical (unpaired) electrons. The molecule has 0 saturated carbocycles. The van der Waals surface area contributed by atoms with E-state index in [-0.39, 0.29) is 18.9 Å². The fraction of sp³-hybridized carbons (Fsp3) is 0.222. The molecule has 7 nitrogen and oxygen atoms in total. The van der Waals surface area contributed by atoms with Crippen molar-refractivity contribution in [3.63, 3.8) is 0 Å². The van der Waals surface area contributed by atoms with Crippen molar-refractivity contribution in [2.24, 2.45) is 0 Å². The molecule has 1 aromatic heterocycles. The molecule has 1 N–H and O–H groups in total. The van der Waals surface area contributed by atoms with E-state index in [4.69, 9.17) is 14.4 Å². The second-order valence-electron chi connectivity index (χ2n) is 8.25. The van der Waals surface area contributed by atoms with Crippen LogP contribution in [0, 0.1) is 12.7 Å². The van der Waals surface area contributed by atoms with Crippen LogP contribution in [-0.2, 0) is 11.3 Å². The summed E-state index contributed by atoms with van der Waals surface area (Å²) in [5, 5.41) is 12.9. The van der Waals surface area contributed by atoms with E-state index in [9.17, 15) is 9.18 Å². The lowest BCUT2D eigenvalue weighted by molar-refractivity contribution is -0.138. The molecule has 0 saturated heterocycles. The van der Waals surface area contributed by atoms with Gasteiger partial charge in [0.1, 0.15) is 11.6 Å². The van der Waals surface area contributed by atoms with E-state index < -0.39 is 11.8 Å². The summed E-state index contributed by atoms with van der Waals surface area (Å²) in [5.74, 6) is -0.177. The van der Waals surface area contributed by atoms with Crippen molar-refractivity contribution in [3.8, 4) is 39.7 Å². The summed E-state index contributed by atoms with van der Waals surface area (Å²) in [4.78, 5) is 16.8. The summed E-state index contributed by atoms with van der Waals surface area (Å²) in [5.41, 5.74) is 4.73. The van der Waals surface area contributed by atoms with Crippen LogP contribution >= 0.6 is 0 Å². The Morgan fingerprint density at radius 2 is 1.86 bits per heavy atom. The highest BCUT2D eigenvalue weighted by Crippen LogP contribution is 2.36. The second kappa shape index (κ2) is 10.5. The van der Waals surface area contributed by atoms with Gasteiger partial charge in [-0.1, -0.05) is 41.6 Å². The highest BCUT2D eigenvalue weighted by molar-refractivity contribution is 5.76. The van der Waals surface area contributed by atoms with Crippen LogP contribution in [0.2, 0.25) is 0 Å². The number of hydrogen-bond acceptors (Lipinski definition) is 6. The molecule has 0 unspecified atom stereocenters. The fourth-order valence-corrected chi connectivity index (χ4v) is 3.88. The monoisotopic (exact) mass is 475 g/mol. The van der Waals surface area contributed by atoms with Gasteiger partial charge in [0.15, 0.2) is 0 Å². The number of halogens is 1. The van der Waals surface area contributed by atoms with E-state index >= 15 is 0 Å². The molecule has 0 atom stereocenters. The fourth-order valence-electron chi connectivity index (χ4n) is 3.88.